The lowest BCUT2D eigenvalue weighted by atomic mass is 10.1. The Morgan fingerprint density at radius 3 is 2.68 bits per heavy atom. The van der Waals surface area contributed by atoms with Gasteiger partial charge in [-0.25, -0.2) is 13.1 Å². The van der Waals surface area contributed by atoms with Gasteiger partial charge in [-0.3, -0.25) is 4.68 Å². The highest BCUT2D eigenvalue weighted by Gasteiger charge is 2.21. The van der Waals surface area contributed by atoms with Crippen LogP contribution in [0.2, 0.25) is 0 Å². The first-order chi connectivity index (χ1) is 8.64. The maximum Gasteiger partial charge on any atom is 0.209 e. The number of hydrogen-bond donors (Lipinski definition) is 2. The summed E-state index contributed by atoms with van der Waals surface area (Å²) in [6.07, 6.45) is 2.64. The van der Waals surface area contributed by atoms with Crippen molar-refractivity contribution in [3.63, 3.8) is 0 Å². The molecule has 0 atom stereocenters. The summed E-state index contributed by atoms with van der Waals surface area (Å²) in [7, 11) is -1.49. The van der Waals surface area contributed by atoms with E-state index in [0.717, 1.165) is 11.9 Å². The Morgan fingerprint density at radius 2 is 2.16 bits per heavy atom. The molecule has 0 saturated carbocycles. The van der Waals surface area contributed by atoms with Gasteiger partial charge in [0, 0.05) is 25.7 Å². The number of nitrogens with one attached hydrogen (secondary N) is 2. The molecule has 7 nitrogen and oxygen atoms in total. The topological polar surface area (TPSA) is 99.8 Å². The van der Waals surface area contributed by atoms with E-state index in [0.29, 0.717) is 18.7 Å². The lowest BCUT2D eigenvalue weighted by Crippen LogP contribution is -2.49. The van der Waals surface area contributed by atoms with Crippen molar-refractivity contribution in [3.8, 4) is 6.07 Å². The molecule has 0 bridgehead atoms. The van der Waals surface area contributed by atoms with Crippen LogP contribution in [0, 0.1) is 11.3 Å². The minimum absolute atomic E-state index is 0.441. The van der Waals surface area contributed by atoms with Gasteiger partial charge < -0.3 is 5.32 Å². The predicted molar refractivity (Wildman–Crippen MR) is 71.7 cm³/mol. The van der Waals surface area contributed by atoms with Crippen LogP contribution in [0.4, 0.5) is 0 Å². The third-order valence-electron chi connectivity index (χ3n) is 2.50. The maximum absolute atomic E-state index is 11.2. The Balaban J connectivity index is 2.59. The number of nitrogens with zero attached hydrogens (tertiary/aromatic N) is 3. The van der Waals surface area contributed by atoms with E-state index in [9.17, 15) is 8.42 Å². The predicted octanol–water partition coefficient (Wildman–Crippen LogP) is -0.291. The molecule has 1 aromatic heterocycles. The zero-order valence-corrected chi connectivity index (χ0v) is 12.4. The van der Waals surface area contributed by atoms with Gasteiger partial charge in [0.1, 0.15) is 6.07 Å². The van der Waals surface area contributed by atoms with Gasteiger partial charge in [0.2, 0.25) is 10.0 Å². The number of nitriles is 1. The van der Waals surface area contributed by atoms with E-state index in [1.54, 1.807) is 25.6 Å². The lowest BCUT2D eigenvalue weighted by molar-refractivity contribution is 0.417. The van der Waals surface area contributed by atoms with E-state index < -0.39 is 15.6 Å². The summed E-state index contributed by atoms with van der Waals surface area (Å²) in [5.41, 5.74) is 0.695. The third kappa shape index (κ3) is 4.98. The molecular formula is C11H19N5O2S. The van der Waals surface area contributed by atoms with Crippen molar-refractivity contribution in [2.24, 2.45) is 7.05 Å². The highest BCUT2D eigenvalue weighted by atomic mass is 32.2. The van der Waals surface area contributed by atoms with Crippen molar-refractivity contribution < 1.29 is 8.42 Å². The second-order valence-corrected chi connectivity index (χ2v) is 6.85. The Hall–Kier alpha value is -1.43. The van der Waals surface area contributed by atoms with Crippen LogP contribution in [0.3, 0.4) is 0 Å². The Kier molecular flexibility index (Phi) is 4.68. The molecule has 0 aromatic carbocycles. The molecule has 0 spiro atoms. The first-order valence-electron chi connectivity index (χ1n) is 5.75. The minimum Gasteiger partial charge on any atom is -0.309 e. The summed E-state index contributed by atoms with van der Waals surface area (Å²) < 4.78 is 26.6. The number of aryl methyl sites for hydroxylation is 1. The van der Waals surface area contributed by atoms with Crippen molar-refractivity contribution in [2.45, 2.75) is 25.9 Å². The van der Waals surface area contributed by atoms with E-state index in [-0.39, 0.29) is 0 Å². The average Bonchev–Trinajstić information content (AvgIpc) is 2.56. The third-order valence-corrected chi connectivity index (χ3v) is 3.43. The summed E-state index contributed by atoms with van der Waals surface area (Å²) in [6.45, 7) is 4.47. The summed E-state index contributed by atoms with van der Waals surface area (Å²) in [5.74, 6) is 0. The molecular weight excluding hydrogens is 266 g/mol. The molecule has 19 heavy (non-hydrogen) atoms. The molecule has 1 aromatic rings. The van der Waals surface area contributed by atoms with Gasteiger partial charge in [0.15, 0.2) is 0 Å². The van der Waals surface area contributed by atoms with Crippen LogP contribution in [0.1, 0.15) is 25.1 Å². The maximum atomic E-state index is 11.2. The van der Waals surface area contributed by atoms with Gasteiger partial charge in [-0.1, -0.05) is 0 Å². The number of aromatic nitrogens is 2. The molecule has 106 valence electrons. The van der Waals surface area contributed by atoms with E-state index in [4.69, 9.17) is 5.26 Å². The van der Waals surface area contributed by atoms with Gasteiger partial charge in [0.05, 0.1) is 23.7 Å². The van der Waals surface area contributed by atoms with Crippen LogP contribution in [0.25, 0.3) is 0 Å². The standard InChI is InChI=1S/C11H19N5O2S/c1-11(2,15-19(4,17)18)8-13-7-10-9(5-12)6-14-16(10)3/h6,13,15H,7-8H2,1-4H3. The molecule has 8 heteroatoms. The van der Waals surface area contributed by atoms with E-state index in [2.05, 4.69) is 21.2 Å². The van der Waals surface area contributed by atoms with Crippen molar-refractivity contribution in [3.05, 3.63) is 17.5 Å². The Labute approximate surface area is 113 Å². The summed E-state index contributed by atoms with van der Waals surface area (Å²) in [6, 6.07) is 2.07. The van der Waals surface area contributed by atoms with E-state index >= 15 is 0 Å². The van der Waals surface area contributed by atoms with Crippen LogP contribution < -0.4 is 10.0 Å². The highest BCUT2D eigenvalue weighted by Crippen LogP contribution is 2.07. The van der Waals surface area contributed by atoms with Crippen LogP contribution in [-0.4, -0.2) is 36.5 Å². The molecule has 1 rings (SSSR count). The summed E-state index contributed by atoms with van der Waals surface area (Å²) >= 11 is 0. The molecule has 2 N–H and O–H groups in total. The Morgan fingerprint density at radius 1 is 1.53 bits per heavy atom. The fourth-order valence-corrected chi connectivity index (χ4v) is 2.87. The van der Waals surface area contributed by atoms with Crippen molar-refractivity contribution in [2.75, 3.05) is 12.8 Å². The normalized spacial score (nSPS) is 12.4. The van der Waals surface area contributed by atoms with Crippen LogP contribution in [-0.2, 0) is 23.6 Å². The minimum atomic E-state index is -3.25. The zero-order chi connectivity index (χ0) is 14.7. The van der Waals surface area contributed by atoms with Gasteiger partial charge in [-0.2, -0.15) is 10.4 Å². The van der Waals surface area contributed by atoms with Crippen LogP contribution in [0.15, 0.2) is 6.20 Å². The smallest absolute Gasteiger partial charge is 0.209 e. The number of rotatable bonds is 6. The molecule has 0 fully saturated rings. The molecule has 0 aliphatic carbocycles. The first-order valence-corrected chi connectivity index (χ1v) is 7.64. The zero-order valence-electron chi connectivity index (χ0n) is 11.6. The monoisotopic (exact) mass is 285 g/mol. The lowest BCUT2D eigenvalue weighted by Gasteiger charge is -2.25. The first kappa shape index (κ1) is 15.6. The highest BCUT2D eigenvalue weighted by molar-refractivity contribution is 7.88. The SMILES string of the molecule is Cn1ncc(C#N)c1CNCC(C)(C)NS(C)(=O)=O. The van der Waals surface area contributed by atoms with E-state index in [1.807, 2.05) is 0 Å². The largest absolute Gasteiger partial charge is 0.309 e. The molecule has 0 aliphatic heterocycles. The van der Waals surface area contributed by atoms with Gasteiger partial charge in [-0.05, 0) is 13.8 Å². The molecule has 0 aliphatic rings. The van der Waals surface area contributed by atoms with Crippen LogP contribution in [0.5, 0.6) is 0 Å². The number of sulfonamides is 1. The van der Waals surface area contributed by atoms with Crippen molar-refractivity contribution in [1.82, 2.24) is 19.8 Å². The van der Waals surface area contributed by atoms with Gasteiger partial charge in [-0.15, -0.1) is 0 Å². The van der Waals surface area contributed by atoms with E-state index in [1.165, 1.54) is 6.20 Å². The Bertz CT molecular complexity index is 583. The van der Waals surface area contributed by atoms with Crippen molar-refractivity contribution in [1.29, 1.82) is 5.26 Å². The summed E-state index contributed by atoms with van der Waals surface area (Å²) in [5, 5.41) is 16.1. The fourth-order valence-electron chi connectivity index (χ4n) is 1.80. The second-order valence-electron chi connectivity index (χ2n) is 5.10. The second kappa shape index (κ2) is 5.69. The van der Waals surface area contributed by atoms with Crippen molar-refractivity contribution >= 4 is 10.0 Å². The quantitative estimate of drug-likeness (QED) is 0.748. The molecule has 1 heterocycles. The average molecular weight is 285 g/mol. The molecule has 0 saturated heterocycles. The molecule has 0 amide bonds. The summed E-state index contributed by atoms with van der Waals surface area (Å²) in [4.78, 5) is 0. The molecule has 0 unspecified atom stereocenters. The molecule has 0 radical (unpaired) electrons. The number of hydrogen-bond acceptors (Lipinski definition) is 5. The van der Waals surface area contributed by atoms with Gasteiger partial charge in [0.25, 0.3) is 0 Å². The van der Waals surface area contributed by atoms with Gasteiger partial charge >= 0.3 is 0 Å². The van der Waals surface area contributed by atoms with Crippen LogP contribution >= 0.6 is 0 Å². The fraction of sp³-hybridized carbons (Fsp3) is 0.636.